The Morgan fingerprint density at radius 2 is 1.92 bits per heavy atom. The molecule has 1 saturated heterocycles. The molecule has 2 N–H and O–H groups in total. The number of carbonyl (C=O) groups is 1. The molecule has 9 nitrogen and oxygen atoms in total. The van der Waals surface area contributed by atoms with Crippen molar-refractivity contribution in [3.05, 3.63) is 83.5 Å². The van der Waals surface area contributed by atoms with Crippen molar-refractivity contribution in [1.29, 1.82) is 0 Å². The molecule has 1 atom stereocenters. The number of sulfonamides is 1. The van der Waals surface area contributed by atoms with Gasteiger partial charge in [-0.05, 0) is 37.1 Å². The fourth-order valence-electron chi connectivity index (χ4n) is 4.54. The number of halogens is 2. The smallest absolute Gasteiger partial charge is 0.235 e. The number of anilines is 1. The lowest BCUT2D eigenvalue weighted by Gasteiger charge is -2.31. The van der Waals surface area contributed by atoms with E-state index in [1.54, 1.807) is 4.68 Å². The van der Waals surface area contributed by atoms with Gasteiger partial charge < -0.3 is 5.73 Å². The monoisotopic (exact) mass is 524 g/mol. The van der Waals surface area contributed by atoms with Gasteiger partial charge in [-0.15, -0.1) is 0 Å². The van der Waals surface area contributed by atoms with Crippen LogP contribution in [0, 0.1) is 11.6 Å². The van der Waals surface area contributed by atoms with Crippen LogP contribution in [0.3, 0.4) is 0 Å². The van der Waals surface area contributed by atoms with Crippen LogP contribution in [0.2, 0.25) is 0 Å². The van der Waals surface area contributed by atoms with Gasteiger partial charge in [0.1, 0.15) is 29.5 Å². The van der Waals surface area contributed by atoms with Crippen molar-refractivity contribution >= 4 is 32.7 Å². The lowest BCUT2D eigenvalue weighted by molar-refractivity contribution is 0.103. The number of piperidine rings is 1. The minimum absolute atomic E-state index is 0.0392. The van der Waals surface area contributed by atoms with E-state index in [0.29, 0.717) is 30.4 Å². The second-order valence-corrected chi connectivity index (χ2v) is 10.5. The summed E-state index contributed by atoms with van der Waals surface area (Å²) in [5.74, 6) is -1.76. The van der Waals surface area contributed by atoms with E-state index in [-0.39, 0.29) is 40.8 Å². The number of aromatic nitrogens is 4. The van der Waals surface area contributed by atoms with Crippen LogP contribution in [-0.4, -0.2) is 51.3 Å². The molecule has 0 amide bonds. The van der Waals surface area contributed by atoms with Gasteiger partial charge in [0, 0.05) is 35.2 Å². The Hall–Kier alpha value is -4.03. The molecule has 190 valence electrons. The third-order valence-corrected chi connectivity index (χ3v) is 7.84. The van der Waals surface area contributed by atoms with Crippen molar-refractivity contribution in [3.63, 3.8) is 0 Å². The van der Waals surface area contributed by atoms with Crippen molar-refractivity contribution in [2.75, 3.05) is 18.8 Å². The Morgan fingerprint density at radius 1 is 1.14 bits per heavy atom. The first-order chi connectivity index (χ1) is 17.7. The molecule has 0 aliphatic carbocycles. The third-order valence-electron chi connectivity index (χ3n) is 6.37. The van der Waals surface area contributed by atoms with Gasteiger partial charge >= 0.3 is 0 Å². The first-order valence-electron chi connectivity index (χ1n) is 11.4. The summed E-state index contributed by atoms with van der Waals surface area (Å²) in [6.07, 6.45) is 2.46. The molecule has 2 aromatic carbocycles. The van der Waals surface area contributed by atoms with Gasteiger partial charge in [0.05, 0.1) is 11.4 Å². The van der Waals surface area contributed by atoms with Crippen LogP contribution < -0.4 is 5.73 Å². The average molecular weight is 525 g/mol. The molecule has 1 aliphatic heterocycles. The number of nitrogens with zero attached hydrogens (tertiary/aromatic N) is 5. The second kappa shape index (κ2) is 9.45. The quantitative estimate of drug-likeness (QED) is 0.382. The molecule has 12 heteroatoms. The van der Waals surface area contributed by atoms with Crippen LogP contribution in [0.25, 0.3) is 22.3 Å². The van der Waals surface area contributed by atoms with Crippen molar-refractivity contribution in [3.8, 4) is 11.3 Å². The molecule has 0 spiro atoms. The van der Waals surface area contributed by atoms with E-state index in [1.807, 2.05) is 0 Å². The summed E-state index contributed by atoms with van der Waals surface area (Å²) < 4.78 is 56.6. The Bertz CT molecular complexity index is 1650. The predicted octanol–water partition coefficient (Wildman–Crippen LogP) is 3.69. The largest absolute Gasteiger partial charge is 0.383 e. The summed E-state index contributed by atoms with van der Waals surface area (Å²) in [6.45, 7) is 3.88. The number of benzene rings is 2. The van der Waals surface area contributed by atoms with Crippen LogP contribution >= 0.6 is 0 Å². The lowest BCUT2D eigenvalue weighted by atomic mass is 10.00. The summed E-state index contributed by atoms with van der Waals surface area (Å²) >= 11 is 0. The van der Waals surface area contributed by atoms with E-state index >= 15 is 4.39 Å². The number of hydrogen-bond acceptors (Lipinski definition) is 7. The van der Waals surface area contributed by atoms with Gasteiger partial charge in [0.2, 0.25) is 10.0 Å². The first kappa shape index (κ1) is 24.7. The Balaban J connectivity index is 1.57. The van der Waals surface area contributed by atoms with Crippen LogP contribution in [0.1, 0.15) is 34.8 Å². The van der Waals surface area contributed by atoms with Gasteiger partial charge in [-0.3, -0.25) is 4.79 Å². The molecule has 37 heavy (non-hydrogen) atoms. The Labute approximate surface area is 211 Å². The van der Waals surface area contributed by atoms with Gasteiger partial charge in [0.25, 0.3) is 0 Å². The van der Waals surface area contributed by atoms with Crippen molar-refractivity contribution in [1.82, 2.24) is 24.1 Å². The molecular formula is C25H22F2N6O3S. The molecule has 1 unspecified atom stereocenters. The zero-order chi connectivity index (χ0) is 26.3. The molecular weight excluding hydrogens is 502 g/mol. The number of ketones is 1. The number of carbonyl (C=O) groups excluding carboxylic acids is 1. The van der Waals surface area contributed by atoms with Crippen LogP contribution in [0.15, 0.2) is 60.8 Å². The minimum Gasteiger partial charge on any atom is -0.383 e. The first-order valence-corrected chi connectivity index (χ1v) is 12.9. The minimum atomic E-state index is -3.63. The van der Waals surface area contributed by atoms with Gasteiger partial charge in [-0.1, -0.05) is 24.8 Å². The Morgan fingerprint density at radius 3 is 2.65 bits per heavy atom. The SMILES string of the molecule is C=CS(=O)(=O)N1CCCC(n2nc(-c3ccc(C(=O)c4cccc(F)c4)cc3F)c3c(N)ncnc32)C1. The number of fused-ring (bicyclic) bond motifs is 1. The van der Waals surface area contributed by atoms with E-state index in [1.165, 1.54) is 41.0 Å². The van der Waals surface area contributed by atoms with Gasteiger partial charge in [-0.25, -0.2) is 31.8 Å². The van der Waals surface area contributed by atoms with Crippen LogP contribution in [-0.2, 0) is 10.0 Å². The van der Waals surface area contributed by atoms with E-state index in [9.17, 15) is 17.6 Å². The number of nitrogens with two attached hydrogens (primary N) is 1. The van der Waals surface area contributed by atoms with Gasteiger partial charge in [-0.2, -0.15) is 9.40 Å². The normalized spacial score (nSPS) is 16.6. The predicted molar refractivity (Wildman–Crippen MR) is 134 cm³/mol. The second-order valence-electron chi connectivity index (χ2n) is 8.65. The highest BCUT2D eigenvalue weighted by molar-refractivity contribution is 7.92. The third kappa shape index (κ3) is 4.49. The summed E-state index contributed by atoms with van der Waals surface area (Å²) in [6, 6.07) is 8.66. The summed E-state index contributed by atoms with van der Waals surface area (Å²) in [4.78, 5) is 21.1. The van der Waals surface area contributed by atoms with Crippen molar-refractivity contribution < 1.29 is 22.0 Å². The standard InChI is InChI=1S/C25H22F2N6O3S/c1-2-37(35,36)32-10-4-7-18(13-32)33-25-21(24(28)29-14-30-25)22(31-33)19-9-8-16(12-20(19)27)23(34)15-5-3-6-17(26)11-15/h2-3,5-6,8-9,11-12,14,18H,1,4,7,10,13H2,(H2,28,29,30). The zero-order valence-electron chi connectivity index (χ0n) is 19.5. The summed E-state index contributed by atoms with van der Waals surface area (Å²) in [5, 5.41) is 5.82. The van der Waals surface area contributed by atoms with Crippen molar-refractivity contribution in [2.24, 2.45) is 0 Å². The molecule has 0 bridgehead atoms. The van der Waals surface area contributed by atoms with E-state index in [0.717, 1.165) is 17.5 Å². The topological polar surface area (TPSA) is 124 Å². The Kier molecular flexibility index (Phi) is 6.30. The zero-order valence-corrected chi connectivity index (χ0v) is 20.3. The molecule has 0 radical (unpaired) electrons. The summed E-state index contributed by atoms with van der Waals surface area (Å²) in [5.41, 5.74) is 6.84. The van der Waals surface area contributed by atoms with Gasteiger partial charge in [0.15, 0.2) is 11.4 Å². The van der Waals surface area contributed by atoms with E-state index < -0.39 is 27.4 Å². The fourth-order valence-corrected chi connectivity index (χ4v) is 5.51. The molecule has 4 aromatic rings. The molecule has 5 rings (SSSR count). The molecule has 1 aliphatic rings. The highest BCUT2D eigenvalue weighted by Gasteiger charge is 2.31. The lowest BCUT2D eigenvalue weighted by Crippen LogP contribution is -2.40. The highest BCUT2D eigenvalue weighted by Crippen LogP contribution is 2.35. The highest BCUT2D eigenvalue weighted by atomic mass is 32.2. The van der Waals surface area contributed by atoms with Crippen LogP contribution in [0.4, 0.5) is 14.6 Å². The molecule has 1 fully saturated rings. The average Bonchev–Trinajstić information content (AvgIpc) is 3.29. The van der Waals surface area contributed by atoms with E-state index in [4.69, 9.17) is 5.73 Å². The molecule has 3 heterocycles. The number of rotatable bonds is 6. The maximum absolute atomic E-state index is 15.4. The fraction of sp³-hybridized carbons (Fsp3) is 0.200. The van der Waals surface area contributed by atoms with Crippen LogP contribution in [0.5, 0.6) is 0 Å². The van der Waals surface area contributed by atoms with Crippen molar-refractivity contribution in [2.45, 2.75) is 18.9 Å². The van der Waals surface area contributed by atoms with E-state index in [2.05, 4.69) is 21.6 Å². The number of nitrogen functional groups attached to an aromatic ring is 1. The summed E-state index contributed by atoms with van der Waals surface area (Å²) in [7, 11) is -3.63. The molecule has 2 aromatic heterocycles. The number of hydrogen-bond donors (Lipinski definition) is 1. The molecule has 0 saturated carbocycles. The maximum Gasteiger partial charge on any atom is 0.235 e. The maximum atomic E-state index is 15.4.